The Morgan fingerprint density at radius 2 is 1.96 bits per heavy atom. The van der Waals surface area contributed by atoms with Gasteiger partial charge in [0.2, 0.25) is 5.91 Å². The van der Waals surface area contributed by atoms with Crippen LogP contribution < -0.4 is 0 Å². The molecule has 4 nitrogen and oxygen atoms in total. The fourth-order valence-electron chi connectivity index (χ4n) is 3.99. The molecular weight excluding hydrogens is 307 g/mol. The van der Waals surface area contributed by atoms with E-state index in [2.05, 4.69) is 4.90 Å². The van der Waals surface area contributed by atoms with Crippen LogP contribution in [0.2, 0.25) is 0 Å². The van der Waals surface area contributed by atoms with Crippen molar-refractivity contribution in [1.82, 2.24) is 9.80 Å². The van der Waals surface area contributed by atoms with Crippen LogP contribution in [0, 0.1) is 24.6 Å². The van der Waals surface area contributed by atoms with Crippen LogP contribution in [0.1, 0.15) is 24.0 Å². The average Bonchev–Trinajstić information content (AvgIpc) is 3.20. The molecule has 1 aromatic carbocycles. The summed E-state index contributed by atoms with van der Waals surface area (Å²) >= 11 is 0. The quantitative estimate of drug-likeness (QED) is 0.894. The van der Waals surface area contributed by atoms with E-state index in [1.807, 2.05) is 11.8 Å². The van der Waals surface area contributed by atoms with Crippen LogP contribution in [0.4, 0.5) is 4.39 Å². The Kier molecular flexibility index (Phi) is 5.51. The Hall–Kier alpha value is -1.46. The molecule has 1 amide bonds. The van der Waals surface area contributed by atoms with Crippen LogP contribution in [-0.2, 0) is 11.2 Å². The van der Waals surface area contributed by atoms with E-state index in [4.69, 9.17) is 0 Å². The maximum atomic E-state index is 13.2. The Morgan fingerprint density at radius 3 is 2.62 bits per heavy atom. The summed E-state index contributed by atoms with van der Waals surface area (Å²) in [6.07, 6.45) is 2.81. The summed E-state index contributed by atoms with van der Waals surface area (Å²) in [5, 5.41) is 9.68. The highest BCUT2D eigenvalue weighted by atomic mass is 19.1. The van der Waals surface area contributed by atoms with Crippen molar-refractivity contribution in [2.45, 2.75) is 26.2 Å². The van der Waals surface area contributed by atoms with Gasteiger partial charge in [0.15, 0.2) is 0 Å². The molecule has 0 bridgehead atoms. The van der Waals surface area contributed by atoms with E-state index >= 15 is 0 Å². The van der Waals surface area contributed by atoms with Crippen LogP contribution in [0.3, 0.4) is 0 Å². The van der Waals surface area contributed by atoms with Gasteiger partial charge in [-0.3, -0.25) is 4.79 Å². The highest BCUT2D eigenvalue weighted by Crippen LogP contribution is 2.26. The fraction of sp³-hybridized carbons (Fsp3) is 0.632. The first kappa shape index (κ1) is 17.4. The molecule has 0 unspecified atom stereocenters. The first-order valence-electron chi connectivity index (χ1n) is 8.93. The zero-order valence-corrected chi connectivity index (χ0v) is 14.4. The van der Waals surface area contributed by atoms with Crippen molar-refractivity contribution in [2.75, 3.05) is 39.3 Å². The lowest BCUT2D eigenvalue weighted by Gasteiger charge is -2.23. The number of benzene rings is 1. The second kappa shape index (κ2) is 7.62. The van der Waals surface area contributed by atoms with Gasteiger partial charge in [0.05, 0.1) is 6.42 Å². The Labute approximate surface area is 143 Å². The van der Waals surface area contributed by atoms with E-state index in [0.29, 0.717) is 18.9 Å². The number of aliphatic hydroxyl groups excluding tert-OH is 1. The van der Waals surface area contributed by atoms with Crippen molar-refractivity contribution in [3.05, 3.63) is 35.1 Å². The first-order valence-corrected chi connectivity index (χ1v) is 8.93. The molecule has 2 saturated heterocycles. The Balaban J connectivity index is 1.60. The normalized spacial score (nSPS) is 24.7. The van der Waals surface area contributed by atoms with Gasteiger partial charge in [0.25, 0.3) is 0 Å². The van der Waals surface area contributed by atoms with Crippen molar-refractivity contribution in [3.63, 3.8) is 0 Å². The van der Waals surface area contributed by atoms with Crippen molar-refractivity contribution < 1.29 is 14.3 Å². The number of hydrogen-bond donors (Lipinski definition) is 1. The minimum absolute atomic E-state index is 0.0760. The van der Waals surface area contributed by atoms with E-state index in [0.717, 1.165) is 37.3 Å². The zero-order valence-electron chi connectivity index (χ0n) is 14.4. The molecule has 5 heteroatoms. The van der Waals surface area contributed by atoms with E-state index < -0.39 is 0 Å². The number of amides is 1. The third-order valence-electron chi connectivity index (χ3n) is 5.50. The van der Waals surface area contributed by atoms with E-state index in [1.165, 1.54) is 25.0 Å². The van der Waals surface area contributed by atoms with Gasteiger partial charge in [0.1, 0.15) is 5.82 Å². The number of nitrogens with zero attached hydrogens (tertiary/aromatic N) is 2. The van der Waals surface area contributed by atoms with Gasteiger partial charge in [0, 0.05) is 32.2 Å². The lowest BCUT2D eigenvalue weighted by atomic mass is 9.96. The molecule has 2 aliphatic heterocycles. The van der Waals surface area contributed by atoms with E-state index in [9.17, 15) is 14.3 Å². The minimum atomic E-state index is -0.268. The molecule has 1 aromatic rings. The standard InChI is InChI=1S/C19H27FN2O2/c1-14-8-18(20)5-4-15(14)9-19(24)22-11-16(17(12-22)13-23)10-21-6-2-3-7-21/h4-5,8,16-17,23H,2-3,6-7,9-13H2,1H3/t16-,17-/m1/s1. The maximum Gasteiger partial charge on any atom is 0.227 e. The molecule has 0 aromatic heterocycles. The summed E-state index contributed by atoms with van der Waals surface area (Å²) in [4.78, 5) is 17.0. The molecule has 24 heavy (non-hydrogen) atoms. The molecule has 0 radical (unpaired) electrons. The van der Waals surface area contributed by atoms with Gasteiger partial charge in [-0.15, -0.1) is 0 Å². The number of aliphatic hydroxyl groups is 1. The molecule has 0 saturated carbocycles. The minimum Gasteiger partial charge on any atom is -0.396 e. The number of halogens is 1. The molecule has 2 aliphatic rings. The van der Waals surface area contributed by atoms with Crippen LogP contribution >= 0.6 is 0 Å². The first-order chi connectivity index (χ1) is 11.6. The highest BCUT2D eigenvalue weighted by Gasteiger charge is 2.36. The summed E-state index contributed by atoms with van der Waals surface area (Å²) in [6.45, 7) is 6.58. The molecule has 3 rings (SSSR count). The molecule has 132 valence electrons. The third-order valence-corrected chi connectivity index (χ3v) is 5.50. The summed E-state index contributed by atoms with van der Waals surface area (Å²) in [5.74, 6) is 0.332. The Morgan fingerprint density at radius 1 is 1.25 bits per heavy atom. The van der Waals surface area contributed by atoms with Gasteiger partial charge in [-0.05, 0) is 62.0 Å². The van der Waals surface area contributed by atoms with Gasteiger partial charge in [-0.2, -0.15) is 0 Å². The van der Waals surface area contributed by atoms with E-state index in [1.54, 1.807) is 6.07 Å². The molecule has 0 spiro atoms. The number of carbonyl (C=O) groups excluding carboxylic acids is 1. The van der Waals surface area contributed by atoms with Crippen LogP contribution in [0.5, 0.6) is 0 Å². The second-order valence-electron chi connectivity index (χ2n) is 7.26. The molecule has 2 fully saturated rings. The molecule has 2 atom stereocenters. The van der Waals surface area contributed by atoms with Crippen LogP contribution in [0.15, 0.2) is 18.2 Å². The van der Waals surface area contributed by atoms with Crippen molar-refractivity contribution in [1.29, 1.82) is 0 Å². The monoisotopic (exact) mass is 334 g/mol. The molecular formula is C19H27FN2O2. The average molecular weight is 334 g/mol. The molecule has 1 N–H and O–H groups in total. The summed E-state index contributed by atoms with van der Waals surface area (Å²) in [5.41, 5.74) is 1.69. The fourth-order valence-corrected chi connectivity index (χ4v) is 3.99. The smallest absolute Gasteiger partial charge is 0.227 e. The van der Waals surface area contributed by atoms with Gasteiger partial charge in [-0.1, -0.05) is 6.07 Å². The number of likely N-dealkylation sites (tertiary alicyclic amines) is 2. The molecule has 0 aliphatic carbocycles. The predicted molar refractivity (Wildman–Crippen MR) is 91.2 cm³/mol. The second-order valence-corrected chi connectivity index (χ2v) is 7.26. The Bertz CT molecular complexity index is 587. The van der Waals surface area contributed by atoms with Gasteiger partial charge < -0.3 is 14.9 Å². The van der Waals surface area contributed by atoms with Crippen molar-refractivity contribution >= 4 is 5.91 Å². The number of carbonyl (C=O) groups is 1. The lowest BCUT2D eigenvalue weighted by Crippen LogP contribution is -2.33. The SMILES string of the molecule is Cc1cc(F)ccc1CC(=O)N1C[C@@H](CN2CCCC2)[C@@H](CO)C1. The molecule has 2 heterocycles. The highest BCUT2D eigenvalue weighted by molar-refractivity contribution is 5.79. The van der Waals surface area contributed by atoms with Crippen molar-refractivity contribution in [2.24, 2.45) is 11.8 Å². The topological polar surface area (TPSA) is 43.8 Å². The summed E-state index contributed by atoms with van der Waals surface area (Å²) in [7, 11) is 0. The lowest BCUT2D eigenvalue weighted by molar-refractivity contribution is -0.129. The number of rotatable bonds is 5. The largest absolute Gasteiger partial charge is 0.396 e. The predicted octanol–water partition coefficient (Wildman–Crippen LogP) is 1.84. The van der Waals surface area contributed by atoms with Gasteiger partial charge >= 0.3 is 0 Å². The summed E-state index contributed by atoms with van der Waals surface area (Å²) in [6, 6.07) is 4.58. The summed E-state index contributed by atoms with van der Waals surface area (Å²) < 4.78 is 13.2. The number of hydrogen-bond acceptors (Lipinski definition) is 3. The number of aryl methyl sites for hydroxylation is 1. The van der Waals surface area contributed by atoms with E-state index in [-0.39, 0.29) is 24.2 Å². The maximum absolute atomic E-state index is 13.2. The van der Waals surface area contributed by atoms with Crippen molar-refractivity contribution in [3.8, 4) is 0 Å². The zero-order chi connectivity index (χ0) is 17.1. The van der Waals surface area contributed by atoms with Gasteiger partial charge in [-0.25, -0.2) is 4.39 Å². The van der Waals surface area contributed by atoms with Crippen LogP contribution in [-0.4, -0.2) is 60.1 Å². The van der Waals surface area contributed by atoms with Crippen LogP contribution in [0.25, 0.3) is 0 Å². The third kappa shape index (κ3) is 3.95.